The minimum Gasteiger partial charge on any atom is -0.497 e. The Bertz CT molecular complexity index is 2510. The maximum absolute atomic E-state index is 5.89. The van der Waals surface area contributed by atoms with Crippen molar-refractivity contribution in [3.05, 3.63) is 147 Å². The van der Waals surface area contributed by atoms with Crippen LogP contribution in [0.2, 0.25) is 5.02 Å². The minimum atomic E-state index is 0.589. The number of hydrogen-bond acceptors (Lipinski definition) is 9. The Hall–Kier alpha value is -5.31. The van der Waals surface area contributed by atoms with E-state index in [1.165, 1.54) is 11.1 Å². The number of methoxy groups -OCH3 is 1. The van der Waals surface area contributed by atoms with Crippen molar-refractivity contribution in [2.24, 2.45) is 0 Å². The second-order valence-electron chi connectivity index (χ2n) is 12.8. The van der Waals surface area contributed by atoms with Crippen LogP contribution in [0.15, 0.2) is 131 Å². The normalized spacial score (nSPS) is 11.0. The molecule has 0 bridgehead atoms. The molecule has 0 aliphatic rings. The van der Waals surface area contributed by atoms with Gasteiger partial charge in [-0.3, -0.25) is 0 Å². The Balaban J connectivity index is 0.000000174. The molecule has 0 amide bonds. The molecule has 0 atom stereocenters. The summed E-state index contributed by atoms with van der Waals surface area (Å²) in [6, 6.07) is 35.6. The number of rotatable bonds is 15. The number of nitrogens with zero attached hydrogens (tertiary/aromatic N) is 4. The molecule has 0 spiro atoms. The molecule has 0 aliphatic carbocycles. The van der Waals surface area contributed by atoms with Crippen molar-refractivity contribution in [3.63, 3.8) is 0 Å². The van der Waals surface area contributed by atoms with Gasteiger partial charge in [0.1, 0.15) is 42.1 Å². The third-order valence-corrected chi connectivity index (χ3v) is 9.78. The fourth-order valence-corrected chi connectivity index (χ4v) is 6.56. The van der Waals surface area contributed by atoms with Crippen LogP contribution in [-0.2, 0) is 13.1 Å². The number of pyridine rings is 2. The third kappa shape index (κ3) is 11.4. The molecule has 8 aromatic rings. The molecule has 4 aromatic heterocycles. The smallest absolute Gasteiger partial charge is 0.178 e. The van der Waals surface area contributed by atoms with Gasteiger partial charge >= 0.3 is 0 Å². The molecular formula is C43H39Br2ClN8O3. The number of benzene rings is 4. The highest BCUT2D eigenvalue weighted by Crippen LogP contribution is 2.25. The molecule has 290 valence electrons. The molecule has 0 saturated carbocycles. The first-order valence-electron chi connectivity index (χ1n) is 18.2. The van der Waals surface area contributed by atoms with E-state index in [2.05, 4.69) is 78.5 Å². The Morgan fingerprint density at radius 3 is 1.61 bits per heavy atom. The topological polar surface area (TPSA) is 135 Å². The molecule has 0 saturated heterocycles. The van der Waals surface area contributed by atoms with Gasteiger partial charge < -0.3 is 34.8 Å². The first kappa shape index (κ1) is 39.9. The Morgan fingerprint density at radius 1 is 0.596 bits per heavy atom. The maximum Gasteiger partial charge on any atom is 0.178 e. The van der Waals surface area contributed by atoms with Crippen LogP contribution in [0.4, 0.5) is 0 Å². The van der Waals surface area contributed by atoms with Gasteiger partial charge in [0, 0.05) is 63.7 Å². The summed E-state index contributed by atoms with van der Waals surface area (Å²) in [6.45, 7) is 4.25. The predicted molar refractivity (Wildman–Crippen MR) is 233 cm³/mol. The fourth-order valence-electron chi connectivity index (χ4n) is 5.77. The Kier molecular flexibility index (Phi) is 13.8. The van der Waals surface area contributed by atoms with Gasteiger partial charge in [-0.25, -0.2) is 19.9 Å². The molecule has 4 N–H and O–H groups in total. The molecule has 0 fully saturated rings. The molecule has 11 nitrogen and oxygen atoms in total. The van der Waals surface area contributed by atoms with Gasteiger partial charge in [-0.2, -0.15) is 0 Å². The predicted octanol–water partition coefficient (Wildman–Crippen LogP) is 9.77. The quantitative estimate of drug-likeness (QED) is 0.0742. The number of hydrogen-bond donors (Lipinski definition) is 4. The van der Waals surface area contributed by atoms with Crippen LogP contribution in [0.5, 0.6) is 17.2 Å². The van der Waals surface area contributed by atoms with Crippen molar-refractivity contribution in [1.82, 2.24) is 40.5 Å². The van der Waals surface area contributed by atoms with Gasteiger partial charge in [0.2, 0.25) is 0 Å². The summed E-state index contributed by atoms with van der Waals surface area (Å²) in [7, 11) is 1.68. The Morgan fingerprint density at radius 2 is 1.11 bits per heavy atom. The van der Waals surface area contributed by atoms with Gasteiger partial charge in [0.05, 0.1) is 18.1 Å². The van der Waals surface area contributed by atoms with Crippen molar-refractivity contribution >= 4 is 65.8 Å². The number of imidazole rings is 2. The van der Waals surface area contributed by atoms with Crippen molar-refractivity contribution in [2.75, 3.05) is 33.4 Å². The van der Waals surface area contributed by atoms with Gasteiger partial charge in [-0.1, -0.05) is 35.9 Å². The zero-order valence-electron chi connectivity index (χ0n) is 30.9. The van der Waals surface area contributed by atoms with E-state index in [9.17, 15) is 0 Å². The summed E-state index contributed by atoms with van der Waals surface area (Å²) in [5, 5.41) is 7.48. The summed E-state index contributed by atoms with van der Waals surface area (Å²) >= 11 is 12.7. The van der Waals surface area contributed by atoms with Crippen LogP contribution >= 0.6 is 43.5 Å². The monoisotopic (exact) mass is 908 g/mol. The van der Waals surface area contributed by atoms with E-state index in [1.807, 2.05) is 103 Å². The molecule has 14 heteroatoms. The molecular weight excluding hydrogens is 872 g/mol. The van der Waals surface area contributed by atoms with Crippen LogP contribution < -0.4 is 24.8 Å². The number of ether oxygens (including phenoxy) is 3. The highest BCUT2D eigenvalue weighted by Gasteiger charge is 2.09. The van der Waals surface area contributed by atoms with Gasteiger partial charge in [-0.15, -0.1) is 0 Å². The van der Waals surface area contributed by atoms with E-state index in [0.717, 1.165) is 91.2 Å². The molecule has 0 radical (unpaired) electrons. The summed E-state index contributed by atoms with van der Waals surface area (Å²) in [4.78, 5) is 24.2. The SMILES string of the molecule is COc1cccc(CNCCOc2ccc(-c3nc4ncc(Br)cc4[nH]3)cc2)c1.Clc1ccc(CNCCOc2ccc(-c3nc4ncc(Br)cc4[nH]3)cc2)cc1. The third-order valence-electron chi connectivity index (χ3n) is 8.66. The average molecular weight is 911 g/mol. The number of fused-ring (bicyclic) bond motifs is 2. The van der Waals surface area contributed by atoms with E-state index in [0.29, 0.717) is 24.5 Å². The van der Waals surface area contributed by atoms with Crippen LogP contribution in [-0.4, -0.2) is 63.3 Å². The van der Waals surface area contributed by atoms with Crippen LogP contribution in [0.25, 0.3) is 45.1 Å². The summed E-state index contributed by atoms with van der Waals surface area (Å²) in [6.07, 6.45) is 3.48. The Labute approximate surface area is 351 Å². The largest absolute Gasteiger partial charge is 0.497 e. The van der Waals surface area contributed by atoms with E-state index in [-0.39, 0.29) is 0 Å². The molecule has 57 heavy (non-hydrogen) atoms. The molecule has 4 aromatic carbocycles. The summed E-state index contributed by atoms with van der Waals surface area (Å²) < 4.78 is 18.7. The number of H-pyrrole nitrogens is 2. The van der Waals surface area contributed by atoms with Gasteiger partial charge in [0.25, 0.3) is 0 Å². The van der Waals surface area contributed by atoms with Crippen molar-refractivity contribution < 1.29 is 14.2 Å². The van der Waals surface area contributed by atoms with Crippen LogP contribution in [0, 0.1) is 0 Å². The van der Waals surface area contributed by atoms with E-state index >= 15 is 0 Å². The summed E-state index contributed by atoms with van der Waals surface area (Å²) in [5.74, 6) is 4.10. The zero-order valence-corrected chi connectivity index (χ0v) is 34.9. The van der Waals surface area contributed by atoms with Gasteiger partial charge in [-0.05, 0) is 128 Å². The van der Waals surface area contributed by atoms with E-state index in [4.69, 9.17) is 25.8 Å². The average Bonchev–Trinajstić information content (AvgIpc) is 3.86. The molecule has 4 heterocycles. The molecule has 0 unspecified atom stereocenters. The van der Waals surface area contributed by atoms with Crippen molar-refractivity contribution in [2.45, 2.75) is 13.1 Å². The van der Waals surface area contributed by atoms with Crippen molar-refractivity contribution in [3.8, 4) is 40.0 Å². The van der Waals surface area contributed by atoms with Crippen LogP contribution in [0.3, 0.4) is 0 Å². The fraction of sp³-hybridized carbons (Fsp3) is 0.163. The molecule has 8 rings (SSSR count). The first-order chi connectivity index (χ1) is 27.9. The zero-order chi connectivity index (χ0) is 39.4. The standard InChI is InChI=1S/C22H21BrN4O2.C21H18BrClN4O/c1-28-19-4-2-3-15(11-19)13-24-9-10-29-18-7-5-16(6-8-18)21-26-20-12-17(23)14-25-22(20)27-21;22-16-11-19-21(25-13-16)27-20(26-19)15-3-7-18(8-4-15)28-10-9-24-12-14-1-5-17(23)6-2-14/h2-8,11-12,14,24H,9-10,13H2,1H3,(H,25,26,27);1-8,11,13,24H,9-10,12H2,(H,25,26,27). The van der Waals surface area contributed by atoms with E-state index in [1.54, 1.807) is 19.5 Å². The maximum atomic E-state index is 5.89. The second kappa shape index (κ2) is 19.7. The highest BCUT2D eigenvalue weighted by atomic mass is 79.9. The molecule has 0 aliphatic heterocycles. The summed E-state index contributed by atoms with van der Waals surface area (Å²) in [5.41, 5.74) is 7.55. The number of aromatic amines is 2. The van der Waals surface area contributed by atoms with Gasteiger partial charge in [0.15, 0.2) is 11.3 Å². The number of halogens is 3. The minimum absolute atomic E-state index is 0.589. The van der Waals surface area contributed by atoms with Crippen molar-refractivity contribution in [1.29, 1.82) is 0 Å². The lowest BCUT2D eigenvalue weighted by Gasteiger charge is -2.09. The lowest BCUT2D eigenvalue weighted by molar-refractivity contribution is 0.313. The highest BCUT2D eigenvalue weighted by molar-refractivity contribution is 9.10. The number of nitrogens with one attached hydrogen (secondary N) is 4. The number of aromatic nitrogens is 6. The second-order valence-corrected chi connectivity index (χ2v) is 15.1. The lowest BCUT2D eigenvalue weighted by Crippen LogP contribution is -2.20. The van der Waals surface area contributed by atoms with Crippen LogP contribution in [0.1, 0.15) is 11.1 Å². The first-order valence-corrected chi connectivity index (χ1v) is 20.1. The van der Waals surface area contributed by atoms with E-state index < -0.39 is 0 Å². The lowest BCUT2D eigenvalue weighted by atomic mass is 10.2.